The number of nitrogens with zero attached hydrogens (tertiary/aromatic N) is 2. The fourth-order valence-corrected chi connectivity index (χ4v) is 5.56. The van der Waals surface area contributed by atoms with E-state index in [9.17, 15) is 9.59 Å². The molecule has 0 atom stereocenters. The predicted octanol–water partition coefficient (Wildman–Crippen LogP) is 5.00. The SMILES string of the molecule is CC(C)=NNC(=O)c1c(NC(=O)c2nc3ccccc3s2)sc2c1CCCCC2. The number of carbonyl (C=O) groups is 2. The molecule has 0 unspecified atom stereocenters. The molecule has 0 aliphatic heterocycles. The lowest BCUT2D eigenvalue weighted by atomic mass is 10.1. The highest BCUT2D eigenvalue weighted by molar-refractivity contribution is 7.20. The molecule has 6 nitrogen and oxygen atoms in total. The summed E-state index contributed by atoms with van der Waals surface area (Å²) >= 11 is 2.85. The third-order valence-corrected chi connectivity index (χ3v) is 6.99. The first-order valence-corrected chi connectivity index (χ1v) is 11.3. The summed E-state index contributed by atoms with van der Waals surface area (Å²) in [5.41, 5.74) is 5.78. The summed E-state index contributed by atoms with van der Waals surface area (Å²) in [6.07, 6.45) is 5.09. The topological polar surface area (TPSA) is 83.5 Å². The number of thiophene rings is 1. The Hall–Kier alpha value is -2.58. The Morgan fingerprint density at radius 3 is 2.62 bits per heavy atom. The summed E-state index contributed by atoms with van der Waals surface area (Å²) in [4.78, 5) is 31.4. The molecule has 3 aromatic rings. The number of rotatable bonds is 4. The molecule has 1 aliphatic carbocycles. The number of benzene rings is 1. The maximum Gasteiger partial charge on any atom is 0.285 e. The molecule has 150 valence electrons. The number of amides is 2. The highest BCUT2D eigenvalue weighted by atomic mass is 32.1. The third-order valence-electron chi connectivity index (χ3n) is 4.74. The number of hydrogen-bond donors (Lipinski definition) is 2. The maximum absolute atomic E-state index is 12.9. The summed E-state index contributed by atoms with van der Waals surface area (Å²) in [6, 6.07) is 7.66. The van der Waals surface area contributed by atoms with Crippen LogP contribution in [0.3, 0.4) is 0 Å². The van der Waals surface area contributed by atoms with Crippen molar-refractivity contribution >= 4 is 55.4 Å². The predicted molar refractivity (Wildman–Crippen MR) is 119 cm³/mol. The van der Waals surface area contributed by atoms with Crippen LogP contribution >= 0.6 is 22.7 Å². The van der Waals surface area contributed by atoms with Crippen LogP contribution in [0.5, 0.6) is 0 Å². The van der Waals surface area contributed by atoms with Gasteiger partial charge in [-0.3, -0.25) is 9.59 Å². The van der Waals surface area contributed by atoms with Gasteiger partial charge < -0.3 is 5.32 Å². The standard InChI is InChI=1S/C21H22N4O2S2/c1-12(2)24-25-18(26)17-13-8-4-3-5-10-15(13)28-20(17)23-19(27)21-22-14-9-6-7-11-16(14)29-21/h6-7,9,11H,3-5,8,10H2,1-2H3,(H,23,27)(H,25,26). The molecule has 29 heavy (non-hydrogen) atoms. The molecule has 0 bridgehead atoms. The first kappa shape index (κ1) is 19.7. The van der Waals surface area contributed by atoms with Crippen molar-refractivity contribution in [3.05, 3.63) is 45.3 Å². The molecule has 0 spiro atoms. The number of anilines is 1. The Kier molecular flexibility index (Phi) is 5.73. The van der Waals surface area contributed by atoms with Crippen molar-refractivity contribution in [3.8, 4) is 0 Å². The highest BCUT2D eigenvalue weighted by Crippen LogP contribution is 2.38. The van der Waals surface area contributed by atoms with Gasteiger partial charge in [-0.1, -0.05) is 18.6 Å². The van der Waals surface area contributed by atoms with Gasteiger partial charge in [0.2, 0.25) is 0 Å². The number of carbonyl (C=O) groups excluding carboxylic acids is 2. The van der Waals surface area contributed by atoms with Gasteiger partial charge in [0.05, 0.1) is 15.8 Å². The molecule has 0 fully saturated rings. The van der Waals surface area contributed by atoms with Gasteiger partial charge in [0.25, 0.3) is 11.8 Å². The first-order valence-electron chi connectivity index (χ1n) is 9.65. The van der Waals surface area contributed by atoms with Crippen LogP contribution in [-0.2, 0) is 12.8 Å². The number of nitrogens with one attached hydrogen (secondary N) is 2. The zero-order valence-corrected chi connectivity index (χ0v) is 18.0. The zero-order chi connectivity index (χ0) is 20.4. The average Bonchev–Trinajstić information content (AvgIpc) is 3.20. The van der Waals surface area contributed by atoms with Crippen molar-refractivity contribution < 1.29 is 9.59 Å². The van der Waals surface area contributed by atoms with Crippen LogP contribution in [0.25, 0.3) is 10.2 Å². The minimum atomic E-state index is -0.285. The van der Waals surface area contributed by atoms with E-state index in [2.05, 4.69) is 20.8 Å². The molecule has 1 aliphatic rings. The van der Waals surface area contributed by atoms with Crippen LogP contribution < -0.4 is 10.7 Å². The van der Waals surface area contributed by atoms with E-state index in [-0.39, 0.29) is 11.8 Å². The van der Waals surface area contributed by atoms with Crippen LogP contribution in [0.2, 0.25) is 0 Å². The number of hydrazone groups is 1. The number of hydrogen-bond acceptors (Lipinski definition) is 6. The largest absolute Gasteiger partial charge is 0.311 e. The summed E-state index contributed by atoms with van der Waals surface area (Å²) in [5, 5.41) is 7.99. The van der Waals surface area contributed by atoms with Gasteiger partial charge in [0, 0.05) is 10.6 Å². The van der Waals surface area contributed by atoms with E-state index in [0.29, 0.717) is 15.6 Å². The molecule has 2 heterocycles. The fourth-order valence-electron chi connectivity index (χ4n) is 3.42. The van der Waals surface area contributed by atoms with E-state index in [1.807, 2.05) is 38.1 Å². The minimum absolute atomic E-state index is 0.273. The summed E-state index contributed by atoms with van der Waals surface area (Å²) < 4.78 is 0.963. The lowest BCUT2D eigenvalue weighted by molar-refractivity contribution is 0.0955. The van der Waals surface area contributed by atoms with Crippen molar-refractivity contribution in [2.24, 2.45) is 5.10 Å². The second-order valence-electron chi connectivity index (χ2n) is 7.21. The van der Waals surface area contributed by atoms with Crippen molar-refractivity contribution in [2.45, 2.75) is 46.0 Å². The molecule has 8 heteroatoms. The lowest BCUT2D eigenvalue weighted by Gasteiger charge is -2.07. The van der Waals surface area contributed by atoms with Crippen molar-refractivity contribution in [1.29, 1.82) is 0 Å². The molecule has 2 amide bonds. The highest BCUT2D eigenvalue weighted by Gasteiger charge is 2.26. The number of thiazole rings is 1. The van der Waals surface area contributed by atoms with Gasteiger partial charge >= 0.3 is 0 Å². The summed E-state index contributed by atoms with van der Waals surface area (Å²) in [7, 11) is 0. The maximum atomic E-state index is 12.9. The normalized spacial score (nSPS) is 13.4. The van der Waals surface area contributed by atoms with Crippen molar-refractivity contribution in [2.75, 3.05) is 5.32 Å². The number of para-hydroxylation sites is 1. The van der Waals surface area contributed by atoms with Crippen LogP contribution in [0.15, 0.2) is 29.4 Å². The Balaban J connectivity index is 1.67. The lowest BCUT2D eigenvalue weighted by Crippen LogP contribution is -2.22. The molecule has 0 saturated carbocycles. The quantitative estimate of drug-likeness (QED) is 0.350. The first-order chi connectivity index (χ1) is 14.0. The van der Waals surface area contributed by atoms with Crippen LogP contribution in [0.4, 0.5) is 5.00 Å². The number of aromatic nitrogens is 1. The van der Waals surface area contributed by atoms with Crippen molar-refractivity contribution in [1.82, 2.24) is 10.4 Å². The van der Waals surface area contributed by atoms with Gasteiger partial charge in [-0.05, 0) is 57.2 Å². The molecular weight excluding hydrogens is 404 g/mol. The number of aryl methyl sites for hydroxylation is 1. The Morgan fingerprint density at radius 1 is 1.03 bits per heavy atom. The van der Waals surface area contributed by atoms with E-state index < -0.39 is 0 Å². The van der Waals surface area contributed by atoms with Crippen LogP contribution in [0, 0.1) is 0 Å². The molecular formula is C21H22N4O2S2. The van der Waals surface area contributed by atoms with E-state index in [1.54, 1.807) is 0 Å². The van der Waals surface area contributed by atoms with Gasteiger partial charge in [0.15, 0.2) is 5.01 Å². The van der Waals surface area contributed by atoms with Gasteiger partial charge in [-0.15, -0.1) is 22.7 Å². The van der Waals surface area contributed by atoms with E-state index in [1.165, 1.54) is 27.6 Å². The second kappa shape index (κ2) is 8.42. The van der Waals surface area contributed by atoms with Crippen LogP contribution in [0.1, 0.15) is 63.7 Å². The summed E-state index contributed by atoms with van der Waals surface area (Å²) in [6.45, 7) is 3.65. The second-order valence-corrected chi connectivity index (χ2v) is 9.35. The van der Waals surface area contributed by atoms with Crippen molar-refractivity contribution in [3.63, 3.8) is 0 Å². The monoisotopic (exact) mass is 426 g/mol. The Bertz CT molecular complexity index is 1080. The van der Waals surface area contributed by atoms with E-state index in [4.69, 9.17) is 0 Å². The van der Waals surface area contributed by atoms with Gasteiger partial charge in [-0.2, -0.15) is 5.10 Å². The van der Waals surface area contributed by atoms with E-state index in [0.717, 1.165) is 53.6 Å². The molecule has 2 N–H and O–H groups in total. The third kappa shape index (κ3) is 4.23. The van der Waals surface area contributed by atoms with Crippen LogP contribution in [-0.4, -0.2) is 22.5 Å². The fraction of sp³-hybridized carbons (Fsp3) is 0.333. The Labute approximate surface area is 177 Å². The Morgan fingerprint density at radius 2 is 1.83 bits per heavy atom. The molecule has 0 radical (unpaired) electrons. The zero-order valence-electron chi connectivity index (χ0n) is 16.4. The molecule has 1 aromatic carbocycles. The number of fused-ring (bicyclic) bond motifs is 2. The van der Waals surface area contributed by atoms with E-state index >= 15 is 0 Å². The summed E-state index contributed by atoms with van der Waals surface area (Å²) in [5.74, 6) is -0.558. The van der Waals surface area contributed by atoms with Gasteiger partial charge in [0.1, 0.15) is 5.00 Å². The molecule has 4 rings (SSSR count). The molecule has 2 aromatic heterocycles. The average molecular weight is 427 g/mol. The van der Waals surface area contributed by atoms with Gasteiger partial charge in [-0.25, -0.2) is 10.4 Å². The smallest absolute Gasteiger partial charge is 0.285 e. The minimum Gasteiger partial charge on any atom is -0.311 e. The molecule has 0 saturated heterocycles.